The van der Waals surface area contributed by atoms with Crippen molar-refractivity contribution in [3.8, 4) is 28.5 Å². The van der Waals surface area contributed by atoms with Gasteiger partial charge in [0.25, 0.3) is 0 Å². The molecular formula is C46H29N5. The number of benzene rings is 6. The van der Waals surface area contributed by atoms with Crippen LogP contribution in [0.15, 0.2) is 176 Å². The highest BCUT2D eigenvalue weighted by Crippen LogP contribution is 2.47. The van der Waals surface area contributed by atoms with Crippen LogP contribution in [0.25, 0.3) is 93.9 Å². The van der Waals surface area contributed by atoms with E-state index in [0.717, 1.165) is 39.4 Å². The average molecular weight is 652 g/mol. The van der Waals surface area contributed by atoms with Crippen molar-refractivity contribution in [2.75, 3.05) is 0 Å². The molecule has 0 fully saturated rings. The molecule has 0 spiro atoms. The van der Waals surface area contributed by atoms with Crippen LogP contribution in [-0.4, -0.2) is 23.7 Å². The maximum Gasteiger partial charge on any atom is 0.137 e. The normalized spacial score (nSPS) is 11.9. The van der Waals surface area contributed by atoms with Crippen LogP contribution in [0.4, 0.5) is 0 Å². The lowest BCUT2D eigenvalue weighted by Gasteiger charge is -2.13. The molecule has 6 aromatic carbocycles. The van der Waals surface area contributed by atoms with E-state index in [1.54, 1.807) is 0 Å². The second-order valence-electron chi connectivity index (χ2n) is 13.0. The molecular weight excluding hydrogens is 623 g/mol. The minimum absolute atomic E-state index is 0.885. The lowest BCUT2D eigenvalue weighted by Crippen LogP contribution is -1.99. The number of rotatable bonds is 4. The number of pyridine rings is 2. The molecule has 51 heavy (non-hydrogen) atoms. The van der Waals surface area contributed by atoms with E-state index in [0.29, 0.717) is 0 Å². The summed E-state index contributed by atoms with van der Waals surface area (Å²) < 4.78 is 7.01. The average Bonchev–Trinajstić information content (AvgIpc) is 3.83. The first-order valence-corrected chi connectivity index (χ1v) is 17.3. The Bertz CT molecular complexity index is 2980. The molecule has 0 aliphatic carbocycles. The first-order valence-electron chi connectivity index (χ1n) is 17.3. The monoisotopic (exact) mass is 651 g/mol. The zero-order valence-corrected chi connectivity index (χ0v) is 27.5. The van der Waals surface area contributed by atoms with Crippen molar-refractivity contribution < 1.29 is 0 Å². The van der Waals surface area contributed by atoms with Gasteiger partial charge in [0.2, 0.25) is 0 Å². The van der Waals surface area contributed by atoms with Gasteiger partial charge in [-0.3, -0.25) is 9.13 Å². The lowest BCUT2D eigenvalue weighted by atomic mass is 9.93. The van der Waals surface area contributed by atoms with Gasteiger partial charge in [-0.15, -0.1) is 0 Å². The predicted molar refractivity (Wildman–Crippen MR) is 210 cm³/mol. The van der Waals surface area contributed by atoms with Gasteiger partial charge in [0.15, 0.2) is 0 Å². The summed E-state index contributed by atoms with van der Waals surface area (Å²) in [5, 5.41) is 7.25. The van der Waals surface area contributed by atoms with Crippen LogP contribution in [0, 0.1) is 0 Å². The van der Waals surface area contributed by atoms with E-state index in [4.69, 9.17) is 9.97 Å². The Morgan fingerprint density at radius 2 is 0.824 bits per heavy atom. The fourth-order valence-corrected chi connectivity index (χ4v) is 8.31. The summed E-state index contributed by atoms with van der Waals surface area (Å²) in [7, 11) is 0. The van der Waals surface area contributed by atoms with Gasteiger partial charge in [-0.05, 0) is 78.4 Å². The Kier molecular flexibility index (Phi) is 5.89. The molecule has 238 valence electrons. The first-order chi connectivity index (χ1) is 25.3. The molecule has 11 aromatic rings. The second-order valence-corrected chi connectivity index (χ2v) is 13.0. The molecule has 0 atom stereocenters. The number of nitrogens with zero attached hydrogens (tertiary/aromatic N) is 5. The standard InChI is InChI=1S/C46H29N5/c1-2-14-31(15-3-1)49-36-19-7-4-16-32(36)35-28-30(24-25-39(35)49)44-45-33-17-5-8-20-37(33)50(42-22-10-12-26-47-42)40(45)29-41-46(44)34-18-6-9-21-38(34)51(41)43-23-11-13-27-48-43/h1-29H. The van der Waals surface area contributed by atoms with E-state index in [1.165, 1.54) is 54.5 Å². The molecule has 5 heterocycles. The van der Waals surface area contributed by atoms with Gasteiger partial charge in [0.05, 0.1) is 33.1 Å². The molecule has 0 radical (unpaired) electrons. The van der Waals surface area contributed by atoms with Crippen LogP contribution in [-0.2, 0) is 0 Å². The van der Waals surface area contributed by atoms with Crippen molar-refractivity contribution in [2.45, 2.75) is 0 Å². The van der Waals surface area contributed by atoms with E-state index in [-0.39, 0.29) is 0 Å². The van der Waals surface area contributed by atoms with Crippen LogP contribution >= 0.6 is 0 Å². The van der Waals surface area contributed by atoms with E-state index in [1.807, 2.05) is 24.5 Å². The molecule has 0 unspecified atom stereocenters. The third-order valence-electron chi connectivity index (χ3n) is 10.3. The Balaban J connectivity index is 1.36. The fraction of sp³-hybridized carbons (Fsp3) is 0. The highest BCUT2D eigenvalue weighted by molar-refractivity contribution is 6.28. The summed E-state index contributed by atoms with van der Waals surface area (Å²) in [4.78, 5) is 9.75. The summed E-state index contributed by atoms with van der Waals surface area (Å²) in [5.41, 5.74) is 10.3. The number of aromatic nitrogens is 5. The maximum atomic E-state index is 4.87. The quantitative estimate of drug-likeness (QED) is 0.190. The summed E-state index contributed by atoms with van der Waals surface area (Å²) >= 11 is 0. The third-order valence-corrected chi connectivity index (χ3v) is 10.3. The topological polar surface area (TPSA) is 40.6 Å². The van der Waals surface area contributed by atoms with E-state index in [2.05, 4.69) is 165 Å². The van der Waals surface area contributed by atoms with Crippen molar-refractivity contribution in [3.05, 3.63) is 176 Å². The largest absolute Gasteiger partial charge is 0.309 e. The van der Waals surface area contributed by atoms with Gasteiger partial charge in [-0.25, -0.2) is 9.97 Å². The zero-order valence-electron chi connectivity index (χ0n) is 27.5. The zero-order chi connectivity index (χ0) is 33.5. The Morgan fingerprint density at radius 1 is 0.333 bits per heavy atom. The summed E-state index contributed by atoms with van der Waals surface area (Å²) in [6.07, 6.45) is 3.74. The highest BCUT2D eigenvalue weighted by atomic mass is 15.1. The minimum Gasteiger partial charge on any atom is -0.309 e. The van der Waals surface area contributed by atoms with Crippen molar-refractivity contribution in [1.82, 2.24) is 23.7 Å². The smallest absolute Gasteiger partial charge is 0.137 e. The molecule has 0 aliphatic heterocycles. The van der Waals surface area contributed by atoms with Crippen LogP contribution in [0.5, 0.6) is 0 Å². The second kappa shape index (κ2) is 10.8. The Hall–Kier alpha value is -6.98. The van der Waals surface area contributed by atoms with Gasteiger partial charge in [-0.1, -0.05) is 91.0 Å². The highest BCUT2D eigenvalue weighted by Gasteiger charge is 2.25. The minimum atomic E-state index is 0.885. The molecule has 5 nitrogen and oxygen atoms in total. The number of para-hydroxylation sites is 4. The molecule has 0 aliphatic rings. The van der Waals surface area contributed by atoms with Gasteiger partial charge in [0, 0.05) is 56.0 Å². The number of hydrogen-bond acceptors (Lipinski definition) is 2. The third kappa shape index (κ3) is 3.97. The van der Waals surface area contributed by atoms with Gasteiger partial charge in [0.1, 0.15) is 11.6 Å². The summed E-state index contributed by atoms with van der Waals surface area (Å²) in [6, 6.07) is 58.5. The molecule has 5 aromatic heterocycles. The molecule has 0 amide bonds. The van der Waals surface area contributed by atoms with E-state index >= 15 is 0 Å². The molecule has 0 bridgehead atoms. The van der Waals surface area contributed by atoms with Gasteiger partial charge >= 0.3 is 0 Å². The maximum absolute atomic E-state index is 4.87. The number of hydrogen-bond donors (Lipinski definition) is 0. The molecule has 0 saturated heterocycles. The van der Waals surface area contributed by atoms with Gasteiger partial charge in [-0.2, -0.15) is 0 Å². The lowest BCUT2D eigenvalue weighted by molar-refractivity contribution is 1.07. The van der Waals surface area contributed by atoms with Crippen molar-refractivity contribution in [1.29, 1.82) is 0 Å². The van der Waals surface area contributed by atoms with Crippen molar-refractivity contribution in [3.63, 3.8) is 0 Å². The molecule has 11 rings (SSSR count). The van der Waals surface area contributed by atoms with Crippen LogP contribution in [0.1, 0.15) is 0 Å². The van der Waals surface area contributed by atoms with E-state index in [9.17, 15) is 0 Å². The van der Waals surface area contributed by atoms with Crippen LogP contribution in [0.3, 0.4) is 0 Å². The Morgan fingerprint density at radius 3 is 1.39 bits per heavy atom. The van der Waals surface area contributed by atoms with Crippen LogP contribution in [0.2, 0.25) is 0 Å². The van der Waals surface area contributed by atoms with Gasteiger partial charge < -0.3 is 4.57 Å². The molecule has 0 saturated carbocycles. The molecule has 5 heteroatoms. The fourth-order valence-electron chi connectivity index (χ4n) is 8.31. The Labute approximate surface area is 292 Å². The predicted octanol–water partition coefficient (Wildman–Crippen LogP) is 11.4. The van der Waals surface area contributed by atoms with E-state index < -0.39 is 0 Å². The van der Waals surface area contributed by atoms with Crippen molar-refractivity contribution >= 4 is 65.4 Å². The summed E-state index contributed by atoms with van der Waals surface area (Å²) in [6.45, 7) is 0. The van der Waals surface area contributed by atoms with Crippen molar-refractivity contribution in [2.24, 2.45) is 0 Å². The SMILES string of the molecule is c1ccc(-n2c3ccccc3c3cc(-c4c5c6ccccc6n(-c6ccccn6)c5cc5c4c4ccccc4n5-c4ccccn4)ccc32)cc1. The van der Waals surface area contributed by atoms with Crippen LogP contribution < -0.4 is 0 Å². The summed E-state index contributed by atoms with van der Waals surface area (Å²) in [5.74, 6) is 1.77. The number of fused-ring (bicyclic) bond motifs is 9. The first kappa shape index (κ1) is 27.9. The molecule has 0 N–H and O–H groups in total.